The van der Waals surface area contributed by atoms with Gasteiger partial charge in [-0.2, -0.15) is 5.10 Å². The van der Waals surface area contributed by atoms with Crippen molar-refractivity contribution < 1.29 is 9.32 Å². The lowest BCUT2D eigenvalue weighted by atomic mass is 10.4. The highest BCUT2D eigenvalue weighted by Gasteiger charge is 2.17. The van der Waals surface area contributed by atoms with E-state index in [-0.39, 0.29) is 5.91 Å². The fourth-order valence-corrected chi connectivity index (χ4v) is 1.76. The number of rotatable bonds is 3. The van der Waals surface area contributed by atoms with Crippen LogP contribution in [0.1, 0.15) is 17.4 Å². The Morgan fingerprint density at radius 2 is 2.50 bits per heavy atom. The number of nitrogens with zero attached hydrogens (tertiary/aromatic N) is 3. The maximum absolute atomic E-state index is 11.9. The molecular formula is C9H9BrN4O2. The Morgan fingerprint density at radius 1 is 1.69 bits per heavy atom. The first-order chi connectivity index (χ1) is 7.72. The molecule has 0 aromatic carbocycles. The van der Waals surface area contributed by atoms with Gasteiger partial charge in [0.05, 0.1) is 10.7 Å². The van der Waals surface area contributed by atoms with Crippen molar-refractivity contribution in [2.45, 2.75) is 13.5 Å². The van der Waals surface area contributed by atoms with Gasteiger partial charge < -0.3 is 9.84 Å². The van der Waals surface area contributed by atoms with Crippen LogP contribution in [0.2, 0.25) is 0 Å². The van der Waals surface area contributed by atoms with Crippen LogP contribution in [0.4, 0.5) is 5.82 Å². The molecule has 0 aliphatic carbocycles. The van der Waals surface area contributed by atoms with Crippen molar-refractivity contribution in [2.75, 3.05) is 5.32 Å². The van der Waals surface area contributed by atoms with E-state index in [9.17, 15) is 4.79 Å². The molecule has 0 radical (unpaired) electrons. The van der Waals surface area contributed by atoms with Crippen LogP contribution in [0.5, 0.6) is 0 Å². The van der Waals surface area contributed by atoms with Crippen LogP contribution in [0.25, 0.3) is 0 Å². The van der Waals surface area contributed by atoms with E-state index in [1.165, 1.54) is 6.26 Å². The maximum Gasteiger partial charge on any atom is 0.276 e. The van der Waals surface area contributed by atoms with Crippen molar-refractivity contribution in [3.05, 3.63) is 28.7 Å². The fraction of sp³-hybridized carbons (Fsp3) is 0.222. The maximum atomic E-state index is 11.9. The van der Waals surface area contributed by atoms with Gasteiger partial charge in [0.25, 0.3) is 5.91 Å². The average molecular weight is 285 g/mol. The second-order valence-electron chi connectivity index (χ2n) is 3.00. The lowest BCUT2D eigenvalue weighted by molar-refractivity contribution is 0.101. The number of hydrogen-bond acceptors (Lipinski definition) is 4. The van der Waals surface area contributed by atoms with E-state index in [2.05, 4.69) is 36.0 Å². The molecule has 0 aliphatic heterocycles. The number of nitrogens with one attached hydrogen (secondary N) is 1. The summed E-state index contributed by atoms with van der Waals surface area (Å²) in [7, 11) is 0. The Bertz CT molecular complexity index is 492. The molecule has 0 saturated carbocycles. The highest BCUT2D eigenvalue weighted by molar-refractivity contribution is 9.10. The molecule has 2 aromatic heterocycles. The van der Waals surface area contributed by atoms with E-state index in [0.717, 1.165) is 0 Å². The van der Waals surface area contributed by atoms with Gasteiger partial charge >= 0.3 is 0 Å². The molecule has 0 atom stereocenters. The summed E-state index contributed by atoms with van der Waals surface area (Å²) < 4.78 is 6.87. The second-order valence-corrected chi connectivity index (χ2v) is 3.85. The molecule has 0 spiro atoms. The summed E-state index contributed by atoms with van der Waals surface area (Å²) in [5.41, 5.74) is 0.463. The molecule has 7 heteroatoms. The summed E-state index contributed by atoms with van der Waals surface area (Å²) in [6.07, 6.45) is 2.98. The molecule has 0 unspecified atom stereocenters. The van der Waals surface area contributed by atoms with E-state index in [0.29, 0.717) is 22.5 Å². The van der Waals surface area contributed by atoms with Crippen LogP contribution in [-0.4, -0.2) is 20.8 Å². The number of amides is 1. The quantitative estimate of drug-likeness (QED) is 0.934. The lowest BCUT2D eigenvalue weighted by Crippen LogP contribution is -2.18. The van der Waals surface area contributed by atoms with Gasteiger partial charge in [-0.1, -0.05) is 5.16 Å². The molecule has 16 heavy (non-hydrogen) atoms. The third-order valence-corrected chi connectivity index (χ3v) is 2.57. The molecular weight excluding hydrogens is 276 g/mol. The SMILES string of the molecule is CCn1ncc(Br)c1C(=O)Nc1ccon1. The standard InChI is InChI=1S/C9H9BrN4O2/c1-2-14-8(6(10)5-11-14)9(15)12-7-3-4-16-13-7/h3-5H,2H2,1H3,(H,12,13,15). The molecule has 0 saturated heterocycles. The number of aromatic nitrogens is 3. The summed E-state index contributed by atoms with van der Waals surface area (Å²) in [6, 6.07) is 1.57. The van der Waals surface area contributed by atoms with E-state index in [4.69, 9.17) is 0 Å². The molecule has 0 bridgehead atoms. The number of carbonyl (C=O) groups excluding carboxylic acids is 1. The van der Waals surface area contributed by atoms with Gasteiger partial charge in [0.1, 0.15) is 12.0 Å². The predicted molar refractivity (Wildman–Crippen MR) is 60.1 cm³/mol. The number of hydrogen-bond donors (Lipinski definition) is 1. The average Bonchev–Trinajstić information content (AvgIpc) is 2.87. The van der Waals surface area contributed by atoms with Gasteiger partial charge in [0.2, 0.25) is 0 Å². The highest BCUT2D eigenvalue weighted by Crippen LogP contribution is 2.17. The minimum absolute atomic E-state index is 0.278. The monoisotopic (exact) mass is 284 g/mol. The largest absolute Gasteiger partial charge is 0.363 e. The van der Waals surface area contributed by atoms with Gasteiger partial charge in [0.15, 0.2) is 5.82 Å². The fourth-order valence-electron chi connectivity index (χ4n) is 1.28. The zero-order valence-corrected chi connectivity index (χ0v) is 10.1. The molecule has 0 fully saturated rings. The van der Waals surface area contributed by atoms with Gasteiger partial charge in [0, 0.05) is 12.6 Å². The second kappa shape index (κ2) is 4.48. The molecule has 2 heterocycles. The summed E-state index contributed by atoms with van der Waals surface area (Å²) in [5, 5.41) is 10.3. The Morgan fingerprint density at radius 3 is 3.12 bits per heavy atom. The highest BCUT2D eigenvalue weighted by atomic mass is 79.9. The van der Waals surface area contributed by atoms with Crippen LogP contribution in [0.3, 0.4) is 0 Å². The van der Waals surface area contributed by atoms with Crippen LogP contribution in [0.15, 0.2) is 27.5 Å². The van der Waals surface area contributed by atoms with Crippen LogP contribution in [0, 0.1) is 0 Å². The first kappa shape index (κ1) is 10.9. The Labute approximate surface area is 99.7 Å². The molecule has 1 amide bonds. The van der Waals surface area contributed by atoms with Crippen LogP contribution in [-0.2, 0) is 6.54 Å². The normalized spacial score (nSPS) is 10.4. The summed E-state index contributed by atoms with van der Waals surface area (Å²) in [4.78, 5) is 11.9. The smallest absolute Gasteiger partial charge is 0.276 e. The first-order valence-electron chi connectivity index (χ1n) is 4.65. The number of aryl methyl sites for hydroxylation is 1. The van der Waals surface area contributed by atoms with Crippen molar-refractivity contribution in [3.8, 4) is 0 Å². The van der Waals surface area contributed by atoms with Crippen molar-refractivity contribution >= 4 is 27.7 Å². The van der Waals surface area contributed by atoms with Crippen LogP contribution < -0.4 is 5.32 Å². The van der Waals surface area contributed by atoms with Gasteiger partial charge in [-0.25, -0.2) is 0 Å². The molecule has 0 aliphatic rings. The van der Waals surface area contributed by atoms with E-state index in [1.54, 1.807) is 16.9 Å². The Kier molecular flexibility index (Phi) is 3.04. The van der Waals surface area contributed by atoms with Crippen molar-refractivity contribution in [3.63, 3.8) is 0 Å². The molecule has 84 valence electrons. The molecule has 1 N–H and O–H groups in total. The van der Waals surface area contributed by atoms with Crippen molar-refractivity contribution in [1.82, 2.24) is 14.9 Å². The summed E-state index contributed by atoms with van der Waals surface area (Å²) >= 11 is 3.27. The third kappa shape index (κ3) is 1.99. The molecule has 2 aromatic rings. The topological polar surface area (TPSA) is 73.0 Å². The van der Waals surface area contributed by atoms with E-state index < -0.39 is 0 Å². The van der Waals surface area contributed by atoms with Crippen molar-refractivity contribution in [2.24, 2.45) is 0 Å². The predicted octanol–water partition coefficient (Wildman–Crippen LogP) is 1.91. The zero-order chi connectivity index (χ0) is 11.5. The molecule has 6 nitrogen and oxygen atoms in total. The molecule has 2 rings (SSSR count). The van der Waals surface area contributed by atoms with E-state index in [1.807, 2.05) is 6.92 Å². The minimum atomic E-state index is -0.278. The zero-order valence-electron chi connectivity index (χ0n) is 8.48. The minimum Gasteiger partial charge on any atom is -0.363 e. The van der Waals surface area contributed by atoms with Gasteiger partial charge in [-0.05, 0) is 22.9 Å². The lowest BCUT2D eigenvalue weighted by Gasteiger charge is -2.04. The summed E-state index contributed by atoms with van der Waals surface area (Å²) in [6.45, 7) is 2.53. The number of carbonyl (C=O) groups is 1. The Balaban J connectivity index is 2.23. The van der Waals surface area contributed by atoms with Crippen LogP contribution >= 0.6 is 15.9 Å². The third-order valence-electron chi connectivity index (χ3n) is 1.99. The van der Waals surface area contributed by atoms with Gasteiger partial charge in [-0.3, -0.25) is 9.48 Å². The Hall–Kier alpha value is -1.63. The van der Waals surface area contributed by atoms with Gasteiger partial charge in [-0.15, -0.1) is 0 Å². The number of anilines is 1. The summed E-state index contributed by atoms with van der Waals surface area (Å²) in [5.74, 6) is 0.0980. The van der Waals surface area contributed by atoms with Crippen molar-refractivity contribution in [1.29, 1.82) is 0 Å². The first-order valence-corrected chi connectivity index (χ1v) is 5.44. The number of halogens is 1. The van der Waals surface area contributed by atoms with E-state index >= 15 is 0 Å².